The average Bonchev–Trinajstić information content (AvgIpc) is 2.75. The lowest BCUT2D eigenvalue weighted by atomic mass is 9.95. The first kappa shape index (κ1) is 11.2. The fourth-order valence-electron chi connectivity index (χ4n) is 2.14. The van der Waals surface area contributed by atoms with E-state index in [0.29, 0.717) is 12.1 Å². The minimum absolute atomic E-state index is 0.165. The molecule has 1 fully saturated rings. The molecule has 1 aromatic heterocycles. The summed E-state index contributed by atoms with van der Waals surface area (Å²) in [6, 6.07) is 3.47. The number of nitrogens with zero attached hydrogens (tertiary/aromatic N) is 4. The summed E-state index contributed by atoms with van der Waals surface area (Å²) in [5, 5.41) is 10.8. The summed E-state index contributed by atoms with van der Waals surface area (Å²) in [6.07, 6.45) is 1.26. The monoisotopic (exact) mass is 252 g/mol. The van der Waals surface area contributed by atoms with Gasteiger partial charge in [0, 0.05) is 11.6 Å². The van der Waals surface area contributed by atoms with Gasteiger partial charge >= 0.3 is 0 Å². The number of tetrazole rings is 1. The van der Waals surface area contributed by atoms with Crippen LogP contribution in [0.25, 0.3) is 0 Å². The van der Waals surface area contributed by atoms with Gasteiger partial charge in [-0.1, -0.05) is 6.07 Å². The Labute approximate surface area is 101 Å². The molecule has 0 radical (unpaired) electrons. The first-order valence-electron chi connectivity index (χ1n) is 5.46. The molecule has 0 N–H and O–H groups in total. The molecule has 0 aliphatic carbocycles. The van der Waals surface area contributed by atoms with Crippen LogP contribution < -0.4 is 0 Å². The zero-order valence-electron chi connectivity index (χ0n) is 9.55. The number of ether oxygens (including phenoxy) is 1. The van der Waals surface area contributed by atoms with Gasteiger partial charge in [-0.15, -0.1) is 5.10 Å². The largest absolute Gasteiger partial charge is 0.359 e. The second-order valence-electron chi connectivity index (χ2n) is 4.28. The lowest BCUT2D eigenvalue weighted by Gasteiger charge is -2.13. The molecule has 1 aromatic carbocycles. The van der Waals surface area contributed by atoms with Gasteiger partial charge < -0.3 is 4.74 Å². The molecule has 0 unspecified atom stereocenters. The van der Waals surface area contributed by atoms with E-state index in [9.17, 15) is 8.78 Å². The van der Waals surface area contributed by atoms with E-state index in [-0.39, 0.29) is 6.10 Å². The molecule has 7 heteroatoms. The van der Waals surface area contributed by atoms with Gasteiger partial charge in [0.1, 0.15) is 23.6 Å². The highest BCUT2D eigenvalue weighted by molar-refractivity contribution is 5.30. The maximum Gasteiger partial charge on any atom is 0.142 e. The summed E-state index contributed by atoms with van der Waals surface area (Å²) in [6.45, 7) is 2.12. The summed E-state index contributed by atoms with van der Waals surface area (Å²) in [4.78, 5) is 0. The normalized spacial score (nSPS) is 26.3. The number of hydrogen-bond acceptors (Lipinski definition) is 4. The Morgan fingerprint density at radius 1 is 1.44 bits per heavy atom. The highest BCUT2D eigenvalue weighted by Gasteiger charge is 2.56. The summed E-state index contributed by atoms with van der Waals surface area (Å²) < 4.78 is 33.7. The number of hydrogen-bond donors (Lipinski definition) is 0. The van der Waals surface area contributed by atoms with E-state index in [0.717, 1.165) is 6.07 Å². The van der Waals surface area contributed by atoms with Crippen LogP contribution in [0.4, 0.5) is 8.78 Å². The first-order valence-corrected chi connectivity index (χ1v) is 5.46. The van der Waals surface area contributed by atoms with Crippen LogP contribution in [0.5, 0.6) is 0 Å². The Balaban J connectivity index is 1.97. The van der Waals surface area contributed by atoms with Crippen LogP contribution in [-0.2, 0) is 16.9 Å². The van der Waals surface area contributed by atoms with Crippen LogP contribution in [-0.4, -0.2) is 26.3 Å². The quantitative estimate of drug-likeness (QED) is 0.772. The van der Waals surface area contributed by atoms with Crippen molar-refractivity contribution in [1.82, 2.24) is 20.2 Å². The third-order valence-electron chi connectivity index (χ3n) is 3.16. The average molecular weight is 252 g/mol. The lowest BCUT2D eigenvalue weighted by Crippen LogP contribution is -2.22. The van der Waals surface area contributed by atoms with Crippen LogP contribution in [0.15, 0.2) is 24.5 Å². The van der Waals surface area contributed by atoms with Crippen molar-refractivity contribution in [1.29, 1.82) is 0 Å². The third kappa shape index (κ3) is 1.67. The van der Waals surface area contributed by atoms with E-state index >= 15 is 0 Å². The number of rotatable bonds is 3. The molecule has 18 heavy (non-hydrogen) atoms. The second kappa shape index (κ2) is 3.81. The van der Waals surface area contributed by atoms with Crippen molar-refractivity contribution in [3.05, 3.63) is 41.7 Å². The van der Waals surface area contributed by atoms with Crippen molar-refractivity contribution in [2.24, 2.45) is 0 Å². The minimum atomic E-state index is -0.812. The Morgan fingerprint density at radius 3 is 2.78 bits per heavy atom. The number of aromatic nitrogens is 4. The Bertz CT molecular complexity index is 574. The van der Waals surface area contributed by atoms with Gasteiger partial charge in [-0.2, -0.15) is 0 Å². The van der Waals surface area contributed by atoms with Gasteiger partial charge in [-0.3, -0.25) is 0 Å². The molecular weight excluding hydrogens is 242 g/mol. The van der Waals surface area contributed by atoms with Gasteiger partial charge in [0.05, 0.1) is 12.6 Å². The van der Waals surface area contributed by atoms with Crippen LogP contribution >= 0.6 is 0 Å². The fourth-order valence-corrected chi connectivity index (χ4v) is 2.14. The molecule has 0 saturated carbocycles. The number of benzene rings is 1. The maximum atomic E-state index is 13.8. The molecule has 5 nitrogen and oxygen atoms in total. The Hall–Kier alpha value is -1.89. The molecule has 1 aliphatic rings. The second-order valence-corrected chi connectivity index (χ2v) is 4.28. The molecule has 1 saturated heterocycles. The zero-order chi connectivity index (χ0) is 12.8. The standard InChI is InChI=1S/C11H10F2N4O/c1-7-11(18-7,5-17-6-14-15-16-17)9-3-2-8(12)4-10(9)13/h2-4,6-7H,5H2,1H3/t7-,11+/m0/s1. The Kier molecular flexibility index (Phi) is 2.37. The third-order valence-corrected chi connectivity index (χ3v) is 3.16. The summed E-state index contributed by atoms with van der Waals surface area (Å²) in [5.41, 5.74) is -0.487. The predicted molar refractivity (Wildman–Crippen MR) is 56.4 cm³/mol. The van der Waals surface area contributed by atoms with Crippen LogP contribution in [0, 0.1) is 11.6 Å². The van der Waals surface area contributed by atoms with Crippen LogP contribution in [0.3, 0.4) is 0 Å². The smallest absolute Gasteiger partial charge is 0.142 e. The number of halogens is 2. The van der Waals surface area contributed by atoms with Gasteiger partial charge in [-0.05, 0) is 23.4 Å². The van der Waals surface area contributed by atoms with E-state index < -0.39 is 17.2 Å². The van der Waals surface area contributed by atoms with E-state index in [4.69, 9.17) is 4.74 Å². The first-order chi connectivity index (χ1) is 8.62. The van der Waals surface area contributed by atoms with E-state index in [1.54, 1.807) is 0 Å². The lowest BCUT2D eigenvalue weighted by molar-refractivity contribution is 0.256. The van der Waals surface area contributed by atoms with E-state index in [2.05, 4.69) is 15.5 Å². The van der Waals surface area contributed by atoms with Crippen molar-refractivity contribution < 1.29 is 13.5 Å². The van der Waals surface area contributed by atoms with E-state index in [1.807, 2.05) is 6.92 Å². The molecule has 3 rings (SSSR count). The van der Waals surface area contributed by atoms with Crippen LogP contribution in [0.1, 0.15) is 12.5 Å². The molecule has 2 aromatic rings. The maximum absolute atomic E-state index is 13.8. The van der Waals surface area contributed by atoms with Crippen molar-refractivity contribution in [2.45, 2.75) is 25.2 Å². The van der Waals surface area contributed by atoms with Gasteiger partial charge in [0.2, 0.25) is 0 Å². The molecule has 0 bridgehead atoms. The summed E-state index contributed by atoms with van der Waals surface area (Å²) in [5.74, 6) is -1.23. The summed E-state index contributed by atoms with van der Waals surface area (Å²) >= 11 is 0. The highest BCUT2D eigenvalue weighted by Crippen LogP contribution is 2.48. The summed E-state index contributed by atoms with van der Waals surface area (Å²) in [7, 11) is 0. The van der Waals surface area contributed by atoms with Crippen LogP contribution in [0.2, 0.25) is 0 Å². The van der Waals surface area contributed by atoms with Crippen molar-refractivity contribution in [3.8, 4) is 0 Å². The molecule has 2 heterocycles. The molecular formula is C11H10F2N4O. The van der Waals surface area contributed by atoms with Crippen molar-refractivity contribution in [2.75, 3.05) is 0 Å². The van der Waals surface area contributed by atoms with Crippen molar-refractivity contribution >= 4 is 0 Å². The fraction of sp³-hybridized carbons (Fsp3) is 0.364. The topological polar surface area (TPSA) is 56.1 Å². The van der Waals surface area contributed by atoms with E-state index in [1.165, 1.54) is 23.1 Å². The minimum Gasteiger partial charge on any atom is -0.359 e. The zero-order valence-corrected chi connectivity index (χ0v) is 9.55. The van der Waals surface area contributed by atoms with Gasteiger partial charge in [0.25, 0.3) is 0 Å². The SMILES string of the molecule is C[C@@H]1O[C@@]1(Cn1cnnn1)c1ccc(F)cc1F. The number of epoxide rings is 1. The molecule has 0 amide bonds. The van der Waals surface area contributed by atoms with Gasteiger partial charge in [0.15, 0.2) is 0 Å². The molecule has 2 atom stereocenters. The Morgan fingerprint density at radius 2 is 2.22 bits per heavy atom. The molecule has 0 spiro atoms. The molecule has 1 aliphatic heterocycles. The van der Waals surface area contributed by atoms with Crippen molar-refractivity contribution in [3.63, 3.8) is 0 Å². The van der Waals surface area contributed by atoms with Gasteiger partial charge in [-0.25, -0.2) is 13.5 Å². The predicted octanol–water partition coefficient (Wildman–Crippen LogP) is 1.27. The highest BCUT2D eigenvalue weighted by atomic mass is 19.1. The molecule has 94 valence electrons.